The number of carbonyl (C=O) groups is 2. The molecule has 2 heterocycles. The lowest BCUT2D eigenvalue weighted by Crippen LogP contribution is -2.58. The highest BCUT2D eigenvalue weighted by atomic mass is 16.2. The van der Waals surface area contributed by atoms with Gasteiger partial charge in [-0.25, -0.2) is 4.79 Å². The maximum Gasteiger partial charge on any atom is 0.320 e. The number of piperidine rings is 1. The van der Waals surface area contributed by atoms with E-state index in [9.17, 15) is 9.59 Å². The fraction of sp³-hybridized carbons (Fsp3) is 0.533. The standard InChI is InChI=1S/C30H40N4O2/c1-24(25-10-4-2-5-11-25)31-28(35)30(26-12-6-3-7-13-26)16-18-33(19-17-30)29(36)34-22-20-32(21-23-34)27-14-8-9-15-27/h2-7,10-13,24,27H,8-9,14-23H2,1H3,(H,31,35)/t24-/m0/s1. The van der Waals surface area contributed by atoms with Crippen LogP contribution in [0.1, 0.15) is 62.6 Å². The molecule has 3 amide bonds. The number of urea groups is 1. The monoisotopic (exact) mass is 488 g/mol. The van der Waals surface area contributed by atoms with Crippen molar-refractivity contribution in [2.75, 3.05) is 39.3 Å². The highest BCUT2D eigenvalue weighted by molar-refractivity contribution is 5.89. The minimum absolute atomic E-state index is 0.0577. The topological polar surface area (TPSA) is 55.9 Å². The summed E-state index contributed by atoms with van der Waals surface area (Å²) in [4.78, 5) is 33.8. The van der Waals surface area contributed by atoms with Crippen molar-refractivity contribution < 1.29 is 9.59 Å². The van der Waals surface area contributed by atoms with Crippen molar-refractivity contribution in [2.45, 2.75) is 62.9 Å². The zero-order valence-electron chi connectivity index (χ0n) is 21.6. The molecular formula is C30H40N4O2. The van der Waals surface area contributed by atoms with Crippen LogP contribution in [0, 0.1) is 0 Å². The summed E-state index contributed by atoms with van der Waals surface area (Å²) in [5, 5.41) is 3.29. The Hall–Kier alpha value is -2.86. The zero-order chi connectivity index (χ0) is 25.0. The molecule has 2 aromatic carbocycles. The van der Waals surface area contributed by atoms with Gasteiger partial charge in [0.25, 0.3) is 0 Å². The van der Waals surface area contributed by atoms with Crippen molar-refractivity contribution in [3.8, 4) is 0 Å². The van der Waals surface area contributed by atoms with Gasteiger partial charge in [-0.2, -0.15) is 0 Å². The molecule has 2 aliphatic heterocycles. The van der Waals surface area contributed by atoms with E-state index < -0.39 is 5.41 Å². The lowest BCUT2D eigenvalue weighted by molar-refractivity contribution is -0.129. The zero-order valence-corrected chi connectivity index (χ0v) is 21.6. The highest BCUT2D eigenvalue weighted by Crippen LogP contribution is 2.37. The summed E-state index contributed by atoms with van der Waals surface area (Å²) in [6, 6.07) is 21.0. The molecule has 1 saturated carbocycles. The van der Waals surface area contributed by atoms with Crippen molar-refractivity contribution in [3.63, 3.8) is 0 Å². The van der Waals surface area contributed by atoms with Crippen LogP contribution in [0.3, 0.4) is 0 Å². The third-order valence-electron chi connectivity index (χ3n) is 8.72. The Bertz CT molecular complexity index is 1010. The molecule has 3 aliphatic rings. The van der Waals surface area contributed by atoms with E-state index in [1.54, 1.807) is 0 Å². The summed E-state index contributed by atoms with van der Waals surface area (Å²) in [5.74, 6) is 0.0577. The van der Waals surface area contributed by atoms with E-state index in [0.29, 0.717) is 25.9 Å². The summed E-state index contributed by atoms with van der Waals surface area (Å²) < 4.78 is 0. The molecule has 6 nitrogen and oxygen atoms in total. The van der Waals surface area contributed by atoms with Crippen LogP contribution in [0.5, 0.6) is 0 Å². The Labute approximate surface area is 215 Å². The number of nitrogens with one attached hydrogen (secondary N) is 1. The first-order valence-electron chi connectivity index (χ1n) is 13.8. The van der Waals surface area contributed by atoms with Crippen molar-refractivity contribution in [2.24, 2.45) is 0 Å². The smallest absolute Gasteiger partial charge is 0.320 e. The molecule has 192 valence electrons. The van der Waals surface area contributed by atoms with Crippen LogP contribution in [0.15, 0.2) is 60.7 Å². The quantitative estimate of drug-likeness (QED) is 0.670. The van der Waals surface area contributed by atoms with Gasteiger partial charge in [0.1, 0.15) is 0 Å². The number of benzene rings is 2. The number of hydrogen-bond donors (Lipinski definition) is 1. The molecule has 0 unspecified atom stereocenters. The molecule has 0 aromatic heterocycles. The maximum atomic E-state index is 13.8. The number of nitrogens with zero attached hydrogens (tertiary/aromatic N) is 3. The Morgan fingerprint density at radius 3 is 1.97 bits per heavy atom. The minimum Gasteiger partial charge on any atom is -0.349 e. The van der Waals surface area contributed by atoms with Crippen LogP contribution in [-0.4, -0.2) is 71.9 Å². The maximum absolute atomic E-state index is 13.8. The third-order valence-corrected chi connectivity index (χ3v) is 8.72. The number of piperazine rings is 1. The van der Waals surface area contributed by atoms with Gasteiger partial charge in [-0.1, -0.05) is 73.5 Å². The van der Waals surface area contributed by atoms with Gasteiger partial charge in [0.05, 0.1) is 11.5 Å². The Kier molecular flexibility index (Phi) is 7.61. The largest absolute Gasteiger partial charge is 0.349 e. The molecule has 3 fully saturated rings. The summed E-state index contributed by atoms with van der Waals surface area (Å²) in [6.07, 6.45) is 6.59. The summed E-state index contributed by atoms with van der Waals surface area (Å²) in [6.45, 7) is 6.83. The second kappa shape index (κ2) is 11.0. The van der Waals surface area contributed by atoms with Crippen molar-refractivity contribution in [1.82, 2.24) is 20.0 Å². The summed E-state index contributed by atoms with van der Waals surface area (Å²) >= 11 is 0. The normalized spacial score (nSPS) is 21.8. The molecule has 2 aromatic rings. The van der Waals surface area contributed by atoms with Crippen LogP contribution in [0.2, 0.25) is 0 Å². The van der Waals surface area contributed by atoms with Crippen LogP contribution in [0.25, 0.3) is 0 Å². The molecule has 0 radical (unpaired) electrons. The lowest BCUT2D eigenvalue weighted by Gasteiger charge is -2.44. The van der Waals surface area contributed by atoms with Gasteiger partial charge >= 0.3 is 6.03 Å². The van der Waals surface area contributed by atoms with Crippen molar-refractivity contribution in [1.29, 1.82) is 0 Å². The Morgan fingerprint density at radius 1 is 0.806 bits per heavy atom. The van der Waals surface area contributed by atoms with E-state index in [2.05, 4.69) is 22.3 Å². The molecule has 0 bridgehead atoms. The third kappa shape index (κ3) is 5.15. The molecular weight excluding hydrogens is 448 g/mol. The first-order chi connectivity index (χ1) is 17.6. The average molecular weight is 489 g/mol. The van der Waals surface area contributed by atoms with Crippen LogP contribution in [0.4, 0.5) is 4.79 Å². The molecule has 0 spiro atoms. The molecule has 1 aliphatic carbocycles. The molecule has 36 heavy (non-hydrogen) atoms. The van der Waals surface area contributed by atoms with E-state index in [0.717, 1.165) is 43.3 Å². The van der Waals surface area contributed by atoms with Crippen LogP contribution < -0.4 is 5.32 Å². The fourth-order valence-electron chi connectivity index (χ4n) is 6.39. The molecule has 2 saturated heterocycles. The van der Waals surface area contributed by atoms with Crippen LogP contribution in [-0.2, 0) is 10.2 Å². The Balaban J connectivity index is 1.23. The molecule has 6 heteroatoms. The second-order valence-corrected chi connectivity index (χ2v) is 10.8. The van der Waals surface area contributed by atoms with Crippen LogP contribution >= 0.6 is 0 Å². The van der Waals surface area contributed by atoms with Crippen molar-refractivity contribution >= 4 is 11.9 Å². The Morgan fingerprint density at radius 2 is 1.36 bits per heavy atom. The number of likely N-dealkylation sites (tertiary alicyclic amines) is 1. The lowest BCUT2D eigenvalue weighted by atomic mass is 9.71. The van der Waals surface area contributed by atoms with Gasteiger partial charge in [-0.3, -0.25) is 9.69 Å². The molecule has 1 atom stereocenters. The summed E-state index contributed by atoms with van der Waals surface area (Å²) in [5.41, 5.74) is 1.51. The number of rotatable bonds is 5. The van der Waals surface area contributed by atoms with Gasteiger partial charge in [0.2, 0.25) is 5.91 Å². The van der Waals surface area contributed by atoms with E-state index in [-0.39, 0.29) is 18.0 Å². The van der Waals surface area contributed by atoms with Gasteiger partial charge < -0.3 is 15.1 Å². The molecule has 5 rings (SSSR count). The second-order valence-electron chi connectivity index (χ2n) is 10.8. The first-order valence-corrected chi connectivity index (χ1v) is 13.8. The SMILES string of the molecule is C[C@H](NC(=O)C1(c2ccccc2)CCN(C(=O)N2CCN(C3CCCC3)CC2)CC1)c1ccccc1. The van der Waals surface area contributed by atoms with Gasteiger partial charge in [0.15, 0.2) is 0 Å². The number of amides is 3. The highest BCUT2D eigenvalue weighted by Gasteiger charge is 2.44. The van der Waals surface area contributed by atoms with Crippen molar-refractivity contribution in [3.05, 3.63) is 71.8 Å². The number of carbonyl (C=O) groups excluding carboxylic acids is 2. The summed E-state index contributed by atoms with van der Waals surface area (Å²) in [7, 11) is 0. The van der Waals surface area contributed by atoms with E-state index in [1.807, 2.05) is 65.3 Å². The van der Waals surface area contributed by atoms with Gasteiger partial charge in [-0.05, 0) is 43.7 Å². The molecule has 1 N–H and O–H groups in total. The predicted molar refractivity (Wildman–Crippen MR) is 143 cm³/mol. The number of hydrogen-bond acceptors (Lipinski definition) is 3. The van der Waals surface area contributed by atoms with Gasteiger partial charge in [0, 0.05) is 45.3 Å². The van der Waals surface area contributed by atoms with E-state index in [1.165, 1.54) is 25.7 Å². The van der Waals surface area contributed by atoms with Gasteiger partial charge in [-0.15, -0.1) is 0 Å². The fourth-order valence-corrected chi connectivity index (χ4v) is 6.39. The van der Waals surface area contributed by atoms with E-state index in [4.69, 9.17) is 0 Å². The first kappa shape index (κ1) is 24.8. The average Bonchev–Trinajstić information content (AvgIpc) is 3.49. The minimum atomic E-state index is -0.623. The van der Waals surface area contributed by atoms with E-state index >= 15 is 0 Å². The predicted octanol–water partition coefficient (Wildman–Crippen LogP) is 4.58.